The number of carboxylic acid groups (broad SMARTS) is 1. The average Bonchev–Trinajstić information content (AvgIpc) is 3.12. The molecule has 0 radical (unpaired) electrons. The molecule has 1 fully saturated rings. The zero-order valence-electron chi connectivity index (χ0n) is 9.64. The third kappa shape index (κ3) is 2.90. The SMILES string of the molecule is N#Cc1ccnc(N(CC(=O)O)CC2CC2)c1Cl. The van der Waals surface area contributed by atoms with E-state index in [0.29, 0.717) is 23.8 Å². The Kier molecular flexibility index (Phi) is 3.68. The van der Waals surface area contributed by atoms with Crippen molar-refractivity contribution in [2.75, 3.05) is 18.0 Å². The summed E-state index contributed by atoms with van der Waals surface area (Å²) < 4.78 is 0. The van der Waals surface area contributed by atoms with Gasteiger partial charge in [0.2, 0.25) is 0 Å². The lowest BCUT2D eigenvalue weighted by atomic mass is 10.2. The summed E-state index contributed by atoms with van der Waals surface area (Å²) in [6.45, 7) is 0.464. The maximum atomic E-state index is 10.9. The summed E-state index contributed by atoms with van der Waals surface area (Å²) in [6.07, 6.45) is 3.68. The molecule has 0 spiro atoms. The second-order valence-electron chi connectivity index (χ2n) is 4.33. The van der Waals surface area contributed by atoms with Gasteiger partial charge in [-0.1, -0.05) is 11.6 Å². The molecule has 2 rings (SSSR count). The fourth-order valence-corrected chi connectivity index (χ4v) is 2.01. The molecule has 0 saturated heterocycles. The van der Waals surface area contributed by atoms with Gasteiger partial charge in [0.05, 0.1) is 5.56 Å². The van der Waals surface area contributed by atoms with Gasteiger partial charge in [0.1, 0.15) is 23.5 Å². The molecular weight excluding hydrogens is 254 g/mol. The molecular formula is C12H12ClN3O2. The van der Waals surface area contributed by atoms with Crippen molar-refractivity contribution in [2.24, 2.45) is 5.92 Å². The number of halogens is 1. The van der Waals surface area contributed by atoms with Gasteiger partial charge in [-0.3, -0.25) is 4.79 Å². The predicted molar refractivity (Wildman–Crippen MR) is 66.5 cm³/mol. The summed E-state index contributed by atoms with van der Waals surface area (Å²) in [7, 11) is 0. The molecule has 94 valence electrons. The summed E-state index contributed by atoms with van der Waals surface area (Å²) in [6, 6.07) is 3.48. The predicted octanol–water partition coefficient (Wildman–Crippen LogP) is 1.91. The van der Waals surface area contributed by atoms with Gasteiger partial charge in [0.15, 0.2) is 0 Å². The van der Waals surface area contributed by atoms with Crippen molar-refractivity contribution in [3.8, 4) is 6.07 Å². The van der Waals surface area contributed by atoms with E-state index in [2.05, 4.69) is 4.98 Å². The molecule has 0 unspecified atom stereocenters. The molecule has 1 saturated carbocycles. The van der Waals surface area contributed by atoms with Gasteiger partial charge >= 0.3 is 5.97 Å². The number of nitrogens with zero attached hydrogens (tertiary/aromatic N) is 3. The van der Waals surface area contributed by atoms with Crippen LogP contribution in [0.2, 0.25) is 5.02 Å². The number of pyridine rings is 1. The molecule has 1 aliphatic rings. The monoisotopic (exact) mass is 265 g/mol. The van der Waals surface area contributed by atoms with E-state index < -0.39 is 5.97 Å². The van der Waals surface area contributed by atoms with Crippen LogP contribution in [0.25, 0.3) is 0 Å². The zero-order chi connectivity index (χ0) is 13.1. The average molecular weight is 266 g/mol. The maximum Gasteiger partial charge on any atom is 0.323 e. The Morgan fingerprint density at radius 1 is 1.67 bits per heavy atom. The van der Waals surface area contributed by atoms with Crippen molar-refractivity contribution in [3.05, 3.63) is 22.8 Å². The number of hydrogen-bond acceptors (Lipinski definition) is 4. The van der Waals surface area contributed by atoms with Gasteiger partial charge in [-0.2, -0.15) is 5.26 Å². The van der Waals surface area contributed by atoms with Crippen LogP contribution in [0.15, 0.2) is 12.3 Å². The molecule has 1 aliphatic carbocycles. The highest BCUT2D eigenvalue weighted by molar-refractivity contribution is 6.34. The van der Waals surface area contributed by atoms with Crippen molar-refractivity contribution in [2.45, 2.75) is 12.8 Å². The fourth-order valence-electron chi connectivity index (χ4n) is 1.74. The minimum absolute atomic E-state index is 0.155. The number of rotatable bonds is 5. The van der Waals surface area contributed by atoms with Gasteiger partial charge in [0.25, 0.3) is 0 Å². The molecule has 1 aromatic rings. The number of aromatic nitrogens is 1. The van der Waals surface area contributed by atoms with Crippen molar-refractivity contribution < 1.29 is 9.90 Å². The van der Waals surface area contributed by atoms with Crippen molar-refractivity contribution >= 4 is 23.4 Å². The van der Waals surface area contributed by atoms with Crippen molar-refractivity contribution in [3.63, 3.8) is 0 Å². The lowest BCUT2D eigenvalue weighted by Crippen LogP contribution is -2.32. The molecule has 1 aromatic heterocycles. The van der Waals surface area contributed by atoms with E-state index in [0.717, 1.165) is 12.8 Å². The molecule has 0 amide bonds. The Labute approximate surface area is 110 Å². The minimum Gasteiger partial charge on any atom is -0.480 e. The molecule has 0 aromatic carbocycles. The van der Waals surface area contributed by atoms with Gasteiger partial charge in [-0.25, -0.2) is 4.98 Å². The number of nitriles is 1. The highest BCUT2D eigenvalue weighted by atomic mass is 35.5. The maximum absolute atomic E-state index is 10.9. The summed E-state index contributed by atoms with van der Waals surface area (Å²) in [5.41, 5.74) is 0.313. The van der Waals surface area contributed by atoms with Crippen LogP contribution in [0.4, 0.5) is 5.82 Å². The molecule has 0 atom stereocenters. The second-order valence-corrected chi connectivity index (χ2v) is 4.70. The summed E-state index contributed by atoms with van der Waals surface area (Å²) in [5.74, 6) is -0.0474. The van der Waals surface area contributed by atoms with E-state index in [4.69, 9.17) is 22.0 Å². The standard InChI is InChI=1S/C12H12ClN3O2/c13-11-9(5-14)3-4-15-12(11)16(7-10(17)18)6-8-1-2-8/h3-4,8H,1-2,6-7H2,(H,17,18). The molecule has 18 heavy (non-hydrogen) atoms. The van der Waals surface area contributed by atoms with Crippen LogP contribution < -0.4 is 4.90 Å². The summed E-state index contributed by atoms with van der Waals surface area (Å²) in [5, 5.41) is 18.0. The van der Waals surface area contributed by atoms with Crippen LogP contribution in [0.5, 0.6) is 0 Å². The highest BCUT2D eigenvalue weighted by Gasteiger charge is 2.27. The van der Waals surface area contributed by atoms with Crippen molar-refractivity contribution in [1.82, 2.24) is 4.98 Å². The van der Waals surface area contributed by atoms with Gasteiger partial charge in [-0.15, -0.1) is 0 Å². The van der Waals surface area contributed by atoms with E-state index in [-0.39, 0.29) is 11.6 Å². The molecule has 1 N–H and O–H groups in total. The number of carboxylic acids is 1. The van der Waals surface area contributed by atoms with Crippen LogP contribution in [0.3, 0.4) is 0 Å². The molecule has 0 aliphatic heterocycles. The van der Waals surface area contributed by atoms with Crippen LogP contribution in [-0.4, -0.2) is 29.1 Å². The van der Waals surface area contributed by atoms with Crippen molar-refractivity contribution in [1.29, 1.82) is 5.26 Å². The highest BCUT2D eigenvalue weighted by Crippen LogP contribution is 2.33. The number of aliphatic carboxylic acids is 1. The first-order valence-corrected chi connectivity index (χ1v) is 6.01. The third-order valence-corrected chi connectivity index (χ3v) is 3.17. The first kappa shape index (κ1) is 12.7. The van der Waals surface area contributed by atoms with Gasteiger partial charge < -0.3 is 10.0 Å². The largest absolute Gasteiger partial charge is 0.480 e. The number of carbonyl (C=O) groups is 1. The van der Waals surface area contributed by atoms with E-state index >= 15 is 0 Å². The molecule has 0 bridgehead atoms. The van der Waals surface area contributed by atoms with E-state index in [1.165, 1.54) is 12.3 Å². The van der Waals surface area contributed by atoms with Crippen LogP contribution >= 0.6 is 11.6 Å². The molecule has 1 heterocycles. The fraction of sp³-hybridized carbons (Fsp3) is 0.417. The topological polar surface area (TPSA) is 77.2 Å². The van der Waals surface area contributed by atoms with Crippen LogP contribution in [0, 0.1) is 17.2 Å². The summed E-state index contributed by atoms with van der Waals surface area (Å²) in [4.78, 5) is 16.6. The van der Waals surface area contributed by atoms with Crippen LogP contribution in [-0.2, 0) is 4.79 Å². The lowest BCUT2D eigenvalue weighted by Gasteiger charge is -2.22. The van der Waals surface area contributed by atoms with E-state index in [1.54, 1.807) is 4.90 Å². The number of hydrogen-bond donors (Lipinski definition) is 1. The summed E-state index contributed by atoms with van der Waals surface area (Å²) >= 11 is 6.07. The Morgan fingerprint density at radius 3 is 2.94 bits per heavy atom. The van der Waals surface area contributed by atoms with Gasteiger partial charge in [0, 0.05) is 12.7 Å². The van der Waals surface area contributed by atoms with Gasteiger partial charge in [-0.05, 0) is 24.8 Å². The Bertz CT molecular complexity index is 509. The first-order chi connectivity index (χ1) is 8.61. The Balaban J connectivity index is 2.28. The normalized spacial score (nSPS) is 14.0. The number of anilines is 1. The minimum atomic E-state index is -0.934. The second kappa shape index (κ2) is 5.23. The van der Waals surface area contributed by atoms with Crippen LogP contribution in [0.1, 0.15) is 18.4 Å². The quantitative estimate of drug-likeness (QED) is 0.880. The Morgan fingerprint density at radius 2 is 2.39 bits per heavy atom. The van der Waals surface area contributed by atoms with E-state index in [9.17, 15) is 4.79 Å². The first-order valence-electron chi connectivity index (χ1n) is 5.63. The molecule has 6 heteroatoms. The Hall–Kier alpha value is -1.80. The molecule has 5 nitrogen and oxygen atoms in total. The van der Waals surface area contributed by atoms with E-state index in [1.807, 2.05) is 6.07 Å². The zero-order valence-corrected chi connectivity index (χ0v) is 10.4. The lowest BCUT2D eigenvalue weighted by molar-refractivity contribution is -0.135. The smallest absolute Gasteiger partial charge is 0.323 e. The third-order valence-electron chi connectivity index (χ3n) is 2.79.